The van der Waals surface area contributed by atoms with Gasteiger partial charge in [0.1, 0.15) is 17.2 Å². The van der Waals surface area contributed by atoms with Gasteiger partial charge in [-0.1, -0.05) is 18.2 Å². The molecule has 134 valence electrons. The van der Waals surface area contributed by atoms with Gasteiger partial charge in [-0.3, -0.25) is 0 Å². The van der Waals surface area contributed by atoms with Crippen molar-refractivity contribution in [3.63, 3.8) is 0 Å². The average Bonchev–Trinajstić information content (AvgIpc) is 3.45. The van der Waals surface area contributed by atoms with Crippen molar-refractivity contribution in [2.24, 2.45) is 0 Å². The van der Waals surface area contributed by atoms with Crippen LogP contribution in [0, 0.1) is 6.92 Å². The Bertz CT molecular complexity index is 1190. The summed E-state index contributed by atoms with van der Waals surface area (Å²) in [6.45, 7) is 2.00. The Labute approximate surface area is 156 Å². The molecule has 0 saturated carbocycles. The van der Waals surface area contributed by atoms with Gasteiger partial charge in [-0.15, -0.1) is 0 Å². The lowest BCUT2D eigenvalue weighted by Crippen LogP contribution is -1.93. The van der Waals surface area contributed by atoms with Crippen LogP contribution in [0.4, 0.5) is 0 Å². The second-order valence-electron chi connectivity index (χ2n) is 6.73. The highest BCUT2D eigenvalue weighted by atomic mass is 16.3. The van der Waals surface area contributed by atoms with E-state index in [0.717, 1.165) is 52.7 Å². The molecule has 0 spiro atoms. The highest BCUT2D eigenvalue weighted by Gasteiger charge is 2.18. The molecule has 0 saturated heterocycles. The number of nitrogens with one attached hydrogen (secondary N) is 2. The molecule has 5 nitrogen and oxygen atoms in total. The topological polar surface area (TPSA) is 70.8 Å². The first-order valence-corrected chi connectivity index (χ1v) is 9.01. The Hall–Kier alpha value is -3.47. The number of para-hydroxylation sites is 1. The fourth-order valence-electron chi connectivity index (χ4n) is 3.47. The van der Waals surface area contributed by atoms with Gasteiger partial charge in [0.25, 0.3) is 0 Å². The zero-order valence-electron chi connectivity index (χ0n) is 15.0. The zero-order chi connectivity index (χ0) is 18.2. The van der Waals surface area contributed by atoms with Crippen molar-refractivity contribution < 1.29 is 8.83 Å². The summed E-state index contributed by atoms with van der Waals surface area (Å²) in [5.74, 6) is 2.41. The molecule has 0 bridgehead atoms. The van der Waals surface area contributed by atoms with E-state index in [2.05, 4.69) is 34.4 Å². The number of nitrogens with zero attached hydrogens (tertiary/aromatic N) is 1. The predicted molar refractivity (Wildman–Crippen MR) is 104 cm³/mol. The first-order chi connectivity index (χ1) is 13.3. The second kappa shape index (κ2) is 6.36. The molecule has 0 amide bonds. The smallest absolute Gasteiger partial charge is 0.154 e. The monoisotopic (exact) mass is 357 g/mol. The quantitative estimate of drug-likeness (QED) is 0.436. The highest BCUT2D eigenvalue weighted by Crippen LogP contribution is 2.32. The first-order valence-electron chi connectivity index (χ1n) is 9.01. The molecule has 0 radical (unpaired) electrons. The van der Waals surface area contributed by atoms with Crippen LogP contribution in [-0.4, -0.2) is 15.0 Å². The maximum atomic E-state index is 5.68. The Morgan fingerprint density at radius 2 is 1.93 bits per heavy atom. The molecule has 0 aliphatic carbocycles. The number of aromatic amines is 2. The summed E-state index contributed by atoms with van der Waals surface area (Å²) in [7, 11) is 0. The lowest BCUT2D eigenvalue weighted by atomic mass is 10.1. The first kappa shape index (κ1) is 15.8. The maximum Gasteiger partial charge on any atom is 0.154 e. The minimum absolute atomic E-state index is 0.744. The summed E-state index contributed by atoms with van der Waals surface area (Å²) < 4.78 is 11.3. The van der Waals surface area contributed by atoms with Crippen LogP contribution in [0.25, 0.3) is 33.8 Å². The van der Waals surface area contributed by atoms with Crippen molar-refractivity contribution in [3.05, 3.63) is 78.1 Å². The van der Waals surface area contributed by atoms with Crippen molar-refractivity contribution in [1.29, 1.82) is 0 Å². The van der Waals surface area contributed by atoms with Crippen molar-refractivity contribution >= 4 is 10.9 Å². The van der Waals surface area contributed by atoms with E-state index in [-0.39, 0.29) is 0 Å². The van der Waals surface area contributed by atoms with Gasteiger partial charge in [0.15, 0.2) is 11.5 Å². The Morgan fingerprint density at radius 1 is 1.00 bits per heavy atom. The Morgan fingerprint density at radius 3 is 2.74 bits per heavy atom. The standard InChI is InChI=1S/C22H19N3O2/c1-14-11-19(27-13-14)22-21(18-7-4-10-26-18)24-20(25-22)9-8-15-12-23-17-6-3-2-5-16(15)17/h2-7,10-13,23H,8-9H2,1H3,(H,24,25). The lowest BCUT2D eigenvalue weighted by molar-refractivity contribution is 0.572. The maximum absolute atomic E-state index is 5.68. The van der Waals surface area contributed by atoms with Crippen LogP contribution in [-0.2, 0) is 12.8 Å². The normalized spacial score (nSPS) is 11.4. The summed E-state index contributed by atoms with van der Waals surface area (Å²) in [5.41, 5.74) is 5.15. The summed E-state index contributed by atoms with van der Waals surface area (Å²) >= 11 is 0. The number of fused-ring (bicyclic) bond motifs is 1. The third-order valence-corrected chi connectivity index (χ3v) is 4.79. The molecule has 4 aromatic heterocycles. The number of aryl methyl sites for hydroxylation is 3. The molecule has 0 aliphatic rings. The zero-order valence-corrected chi connectivity index (χ0v) is 15.0. The van der Waals surface area contributed by atoms with E-state index in [1.807, 2.05) is 31.2 Å². The molecule has 0 atom stereocenters. The van der Waals surface area contributed by atoms with Crippen LogP contribution in [0.5, 0.6) is 0 Å². The third kappa shape index (κ3) is 2.87. The predicted octanol–water partition coefficient (Wildman–Crippen LogP) is 5.50. The fraction of sp³-hybridized carbons (Fsp3) is 0.136. The van der Waals surface area contributed by atoms with Crippen molar-refractivity contribution in [2.45, 2.75) is 19.8 Å². The number of aromatic nitrogens is 3. The fourth-order valence-corrected chi connectivity index (χ4v) is 3.47. The van der Waals surface area contributed by atoms with E-state index in [0.29, 0.717) is 0 Å². The van der Waals surface area contributed by atoms with Crippen molar-refractivity contribution in [1.82, 2.24) is 15.0 Å². The number of H-pyrrole nitrogens is 2. The van der Waals surface area contributed by atoms with Gasteiger partial charge in [-0.2, -0.15) is 0 Å². The highest BCUT2D eigenvalue weighted by molar-refractivity contribution is 5.83. The SMILES string of the molecule is Cc1coc(-c2nc(CCc3c[nH]c4ccccc34)[nH]c2-c2ccco2)c1. The largest absolute Gasteiger partial charge is 0.463 e. The van der Waals surface area contributed by atoms with Crippen LogP contribution in [0.2, 0.25) is 0 Å². The van der Waals surface area contributed by atoms with Crippen molar-refractivity contribution in [3.8, 4) is 22.9 Å². The Kier molecular flexibility index (Phi) is 3.71. The number of benzene rings is 1. The average molecular weight is 357 g/mol. The summed E-state index contributed by atoms with van der Waals surface area (Å²) in [4.78, 5) is 11.6. The molecule has 4 heterocycles. The summed E-state index contributed by atoms with van der Waals surface area (Å²) in [6, 6.07) is 14.1. The van der Waals surface area contributed by atoms with E-state index in [4.69, 9.17) is 13.8 Å². The molecule has 27 heavy (non-hydrogen) atoms. The lowest BCUT2D eigenvalue weighted by Gasteiger charge is -1.97. The molecular weight excluding hydrogens is 338 g/mol. The number of furan rings is 2. The second-order valence-corrected chi connectivity index (χ2v) is 6.73. The molecule has 0 fully saturated rings. The molecule has 5 aromatic rings. The number of hydrogen-bond acceptors (Lipinski definition) is 3. The minimum Gasteiger partial charge on any atom is -0.463 e. The van der Waals surface area contributed by atoms with Gasteiger partial charge in [0.05, 0.1) is 12.5 Å². The van der Waals surface area contributed by atoms with E-state index < -0.39 is 0 Å². The van der Waals surface area contributed by atoms with Crippen LogP contribution < -0.4 is 0 Å². The van der Waals surface area contributed by atoms with Crippen LogP contribution >= 0.6 is 0 Å². The molecule has 5 heteroatoms. The van der Waals surface area contributed by atoms with Crippen LogP contribution in [0.1, 0.15) is 17.0 Å². The van der Waals surface area contributed by atoms with Gasteiger partial charge in [0.2, 0.25) is 0 Å². The number of rotatable bonds is 5. The van der Waals surface area contributed by atoms with E-state index in [1.165, 1.54) is 10.9 Å². The number of imidazole rings is 1. The van der Waals surface area contributed by atoms with Crippen LogP contribution in [0.15, 0.2) is 70.0 Å². The Balaban J connectivity index is 1.48. The van der Waals surface area contributed by atoms with E-state index in [9.17, 15) is 0 Å². The van der Waals surface area contributed by atoms with Gasteiger partial charge < -0.3 is 18.8 Å². The summed E-state index contributed by atoms with van der Waals surface area (Å²) in [6.07, 6.45) is 7.18. The van der Waals surface area contributed by atoms with Gasteiger partial charge >= 0.3 is 0 Å². The molecule has 1 aromatic carbocycles. The molecular formula is C22H19N3O2. The summed E-state index contributed by atoms with van der Waals surface area (Å²) in [5, 5.41) is 1.26. The van der Waals surface area contributed by atoms with Crippen molar-refractivity contribution in [2.75, 3.05) is 0 Å². The molecule has 5 rings (SSSR count). The van der Waals surface area contributed by atoms with E-state index in [1.54, 1.807) is 12.5 Å². The van der Waals surface area contributed by atoms with Gasteiger partial charge in [-0.25, -0.2) is 4.98 Å². The molecule has 0 aliphatic heterocycles. The number of hydrogen-bond donors (Lipinski definition) is 2. The van der Waals surface area contributed by atoms with Crippen LogP contribution in [0.3, 0.4) is 0 Å². The van der Waals surface area contributed by atoms with Gasteiger partial charge in [0, 0.05) is 23.5 Å². The minimum atomic E-state index is 0.744. The molecule has 0 unspecified atom stereocenters. The molecule has 2 N–H and O–H groups in total. The van der Waals surface area contributed by atoms with E-state index >= 15 is 0 Å². The van der Waals surface area contributed by atoms with Gasteiger partial charge in [-0.05, 0) is 48.7 Å². The third-order valence-electron chi connectivity index (χ3n) is 4.79.